The van der Waals surface area contributed by atoms with Crippen molar-refractivity contribution in [2.24, 2.45) is 0 Å². The molecule has 0 saturated heterocycles. The number of carboxylic acids is 2. The van der Waals surface area contributed by atoms with E-state index in [0.29, 0.717) is 44.6 Å². The number of ether oxygens (including phenoxy) is 2. The summed E-state index contributed by atoms with van der Waals surface area (Å²) in [6.07, 6.45) is 2.61. The lowest BCUT2D eigenvalue weighted by Crippen LogP contribution is -2.68. The zero-order valence-corrected chi connectivity index (χ0v) is 35.9. The zero-order chi connectivity index (χ0) is 42.9. The maximum atomic E-state index is 15.9. The van der Waals surface area contributed by atoms with Gasteiger partial charge in [0.1, 0.15) is 16.9 Å². The molecular weight excluding hydrogens is 834 g/mol. The van der Waals surface area contributed by atoms with Crippen LogP contribution in [0.1, 0.15) is 111 Å². The maximum Gasteiger partial charge on any atom is 0.347 e. The molecule has 3 aromatic rings. The molecule has 1 heterocycles. The zero-order valence-electron chi connectivity index (χ0n) is 33.6. The van der Waals surface area contributed by atoms with Gasteiger partial charge in [0.2, 0.25) is 6.10 Å². The van der Waals surface area contributed by atoms with Crippen molar-refractivity contribution in [3.8, 4) is 5.75 Å². The van der Waals surface area contributed by atoms with Crippen LogP contribution in [0.4, 0.5) is 11.4 Å². The van der Waals surface area contributed by atoms with Crippen LogP contribution in [0.2, 0.25) is 5.02 Å². The van der Waals surface area contributed by atoms with Gasteiger partial charge in [-0.25, -0.2) is 9.59 Å². The van der Waals surface area contributed by atoms with Crippen LogP contribution in [0.25, 0.3) is 0 Å². The molecule has 4 atom stereocenters. The molecule has 1 fully saturated rings. The van der Waals surface area contributed by atoms with Crippen LogP contribution >= 0.6 is 27.5 Å². The first-order valence-electron chi connectivity index (χ1n) is 19.4. The smallest absolute Gasteiger partial charge is 0.347 e. The number of aliphatic hydroxyl groups is 1. The van der Waals surface area contributed by atoms with E-state index in [9.17, 15) is 29.7 Å². The van der Waals surface area contributed by atoms with E-state index < -0.39 is 52.3 Å². The highest BCUT2D eigenvalue weighted by Crippen LogP contribution is 2.59. The molecule has 1 aliphatic heterocycles. The van der Waals surface area contributed by atoms with Gasteiger partial charge in [-0.3, -0.25) is 24.2 Å². The first-order valence-corrected chi connectivity index (χ1v) is 20.6. The second-order valence-electron chi connectivity index (χ2n) is 15.1. The third-order valence-electron chi connectivity index (χ3n) is 12.1. The molecule has 3 aromatic carbocycles. The normalized spacial score (nSPS) is 21.0. The number of halogens is 2. The van der Waals surface area contributed by atoms with Crippen LogP contribution in [-0.2, 0) is 37.7 Å². The van der Waals surface area contributed by atoms with Crippen LogP contribution in [0.3, 0.4) is 0 Å². The summed E-state index contributed by atoms with van der Waals surface area (Å²) < 4.78 is 12.7. The Morgan fingerprint density at radius 1 is 1.02 bits per heavy atom. The number of nitrogens with zero attached hydrogens (tertiary/aromatic N) is 2. The lowest BCUT2D eigenvalue weighted by atomic mass is 9.70. The van der Waals surface area contributed by atoms with Crippen molar-refractivity contribution in [2.45, 2.75) is 115 Å². The van der Waals surface area contributed by atoms with E-state index in [4.69, 9.17) is 26.8 Å². The third-order valence-corrected chi connectivity index (χ3v) is 13.0. The summed E-state index contributed by atoms with van der Waals surface area (Å²) in [5.74, 6) is -6.70. The second kappa shape index (κ2) is 17.5. The maximum absolute atomic E-state index is 15.9. The summed E-state index contributed by atoms with van der Waals surface area (Å²) in [4.78, 5) is 73.4. The number of aliphatic carboxylic acids is 2. The Morgan fingerprint density at radius 2 is 1.66 bits per heavy atom. The molecule has 15 heteroatoms. The average Bonchev–Trinajstić information content (AvgIpc) is 3.43. The Bertz CT molecular complexity index is 2090. The van der Waals surface area contributed by atoms with Crippen LogP contribution < -0.4 is 15.4 Å². The van der Waals surface area contributed by atoms with Crippen molar-refractivity contribution in [3.05, 3.63) is 85.8 Å². The van der Waals surface area contributed by atoms with Crippen molar-refractivity contribution in [1.29, 1.82) is 0 Å². The number of Topliss-reactive ketones (excluding diaryl/α,β-unsaturated/α-hetero) is 2. The van der Waals surface area contributed by atoms with Crippen molar-refractivity contribution in [3.63, 3.8) is 0 Å². The fourth-order valence-electron chi connectivity index (χ4n) is 8.90. The number of amides is 1. The first-order chi connectivity index (χ1) is 27.4. The van der Waals surface area contributed by atoms with E-state index in [0.717, 1.165) is 39.2 Å². The van der Waals surface area contributed by atoms with Gasteiger partial charge in [0.25, 0.3) is 11.5 Å². The summed E-state index contributed by atoms with van der Waals surface area (Å²) in [6.45, 7) is 8.74. The molecule has 1 saturated carbocycles. The van der Waals surface area contributed by atoms with Gasteiger partial charge < -0.3 is 30.5 Å². The Labute approximate surface area is 351 Å². The van der Waals surface area contributed by atoms with E-state index in [-0.39, 0.29) is 35.2 Å². The first kappa shape index (κ1) is 44.8. The van der Waals surface area contributed by atoms with Gasteiger partial charge in [-0.1, -0.05) is 51.6 Å². The fraction of sp³-hybridized carbons (Fsp3) is 0.465. The summed E-state index contributed by atoms with van der Waals surface area (Å²) in [7, 11) is 1.42. The number of rotatable bonds is 16. The summed E-state index contributed by atoms with van der Waals surface area (Å²) in [6, 6.07) is 12.6. The molecule has 5 rings (SSSR count). The Morgan fingerprint density at radius 3 is 2.17 bits per heavy atom. The highest BCUT2D eigenvalue weighted by Gasteiger charge is 2.69. The number of carboxylic acid groups (broad SMARTS) is 2. The number of methoxy groups -OCH3 is 1. The number of hydrogen-bond donors (Lipinski definition) is 4. The summed E-state index contributed by atoms with van der Waals surface area (Å²) in [5.41, 5.74) is 0.521. The number of anilines is 2. The molecule has 0 spiro atoms. The molecule has 0 radical (unpaired) electrons. The van der Waals surface area contributed by atoms with Crippen molar-refractivity contribution < 1.29 is 48.8 Å². The topological polar surface area (TPSA) is 197 Å². The minimum absolute atomic E-state index is 0.0818. The molecule has 2 aliphatic rings. The highest BCUT2D eigenvalue weighted by molar-refractivity contribution is 9.10. The number of nitrogen functional groups attached to an aromatic ring is 1. The number of ketones is 2. The number of carbonyl (C=O) groups excluding carboxylic acids is 3. The van der Waals surface area contributed by atoms with Gasteiger partial charge >= 0.3 is 11.9 Å². The SMILES string of the molecule is CCc1c(OC)ccc2c1C(CC)(OC(C(=O)O)C(O)(C(C)=O)C(=O)O)C(C)(C(=O)c1cc(Br)c(N)c(CN(CC)C3CCCCC3)c1)N2C(=O)c1ccc(Cl)cc1. The van der Waals surface area contributed by atoms with Gasteiger partial charge in [-0.2, -0.15) is 0 Å². The number of benzene rings is 3. The van der Waals surface area contributed by atoms with Crippen LogP contribution in [0.5, 0.6) is 5.75 Å². The van der Waals surface area contributed by atoms with Crippen LogP contribution in [-0.4, -0.2) is 86.6 Å². The molecule has 13 nitrogen and oxygen atoms in total. The van der Waals surface area contributed by atoms with Crippen molar-refractivity contribution in [2.75, 3.05) is 24.3 Å². The van der Waals surface area contributed by atoms with Gasteiger partial charge in [0, 0.05) is 44.3 Å². The predicted molar refractivity (Wildman–Crippen MR) is 223 cm³/mol. The number of fused-ring (bicyclic) bond motifs is 1. The minimum Gasteiger partial charge on any atom is -0.496 e. The van der Waals surface area contributed by atoms with E-state index in [1.165, 1.54) is 55.7 Å². The molecule has 4 unspecified atom stereocenters. The van der Waals surface area contributed by atoms with E-state index in [1.54, 1.807) is 32.0 Å². The summed E-state index contributed by atoms with van der Waals surface area (Å²) >= 11 is 9.79. The molecule has 1 amide bonds. The fourth-order valence-corrected chi connectivity index (χ4v) is 9.53. The van der Waals surface area contributed by atoms with Gasteiger partial charge in [0.15, 0.2) is 11.6 Å². The number of nitrogens with two attached hydrogens (primary N) is 1. The van der Waals surface area contributed by atoms with E-state index in [1.807, 2.05) is 0 Å². The highest BCUT2D eigenvalue weighted by atomic mass is 79.9. The Hall–Kier alpha value is -4.34. The molecule has 0 bridgehead atoms. The lowest BCUT2D eigenvalue weighted by molar-refractivity contribution is -0.216. The summed E-state index contributed by atoms with van der Waals surface area (Å²) in [5, 5.41) is 32.7. The standard InChI is InChI=1S/C43H51BrClN3O10/c1-7-30-33(57-6)20-19-32-34(30)42(8-2,58-37(39(52)53)43(56,24(4)49)40(54)55)41(5,48(32)38(51)25-15-17-28(45)18-16-25)36(50)26-21-27(35(46)31(44)22-26)23-47(9-3)29-13-11-10-12-14-29/h15-22,29,37,56H,7-14,23,46H2,1-6H3,(H,52,53)(H,54,55). The quantitative estimate of drug-likeness (QED) is 0.0643. The molecule has 1 aliphatic carbocycles. The van der Waals surface area contributed by atoms with Crippen molar-refractivity contribution >= 4 is 68.3 Å². The molecular formula is C43H51BrClN3O10. The van der Waals surface area contributed by atoms with Crippen molar-refractivity contribution in [1.82, 2.24) is 4.90 Å². The predicted octanol–water partition coefficient (Wildman–Crippen LogP) is 7.19. The third kappa shape index (κ3) is 7.42. The molecule has 5 N–H and O–H groups in total. The second-order valence-corrected chi connectivity index (χ2v) is 16.4. The molecule has 312 valence electrons. The molecule has 0 aromatic heterocycles. The average molecular weight is 885 g/mol. The van der Waals surface area contributed by atoms with E-state index >= 15 is 9.59 Å². The Balaban J connectivity index is 1.87. The van der Waals surface area contributed by atoms with Gasteiger partial charge in [-0.05, 0) is 116 Å². The van der Waals surface area contributed by atoms with Crippen LogP contribution in [0.15, 0.2) is 53.0 Å². The van der Waals surface area contributed by atoms with Crippen LogP contribution in [0, 0.1) is 0 Å². The van der Waals surface area contributed by atoms with Gasteiger partial charge in [-0.15, -0.1) is 0 Å². The largest absolute Gasteiger partial charge is 0.496 e. The number of hydrogen-bond acceptors (Lipinski definition) is 10. The van der Waals surface area contributed by atoms with E-state index in [2.05, 4.69) is 27.8 Å². The number of carbonyl (C=O) groups is 5. The Kier molecular flexibility index (Phi) is 13.5. The monoisotopic (exact) mass is 883 g/mol. The molecule has 58 heavy (non-hydrogen) atoms. The minimum atomic E-state index is -3.61. The van der Waals surface area contributed by atoms with Gasteiger partial charge in [0.05, 0.1) is 18.5 Å². The lowest BCUT2D eigenvalue weighted by Gasteiger charge is -2.48.